The van der Waals surface area contributed by atoms with E-state index < -0.39 is 11.2 Å². The predicted octanol–water partition coefficient (Wildman–Crippen LogP) is 3.94. The Morgan fingerprint density at radius 2 is 1.76 bits per heavy atom. The molecular formula is C29H27N3O5. The van der Waals surface area contributed by atoms with E-state index in [1.165, 1.54) is 16.3 Å². The first-order valence-electron chi connectivity index (χ1n) is 12.6. The van der Waals surface area contributed by atoms with Crippen LogP contribution in [-0.4, -0.2) is 33.5 Å². The number of rotatable bonds is 4. The van der Waals surface area contributed by atoms with Crippen LogP contribution in [0.1, 0.15) is 64.7 Å². The minimum atomic E-state index is -0.553. The maximum Gasteiger partial charge on any atom is 0.330 e. The smallest absolute Gasteiger partial charge is 0.330 e. The normalized spacial score (nSPS) is 16.7. The SMILES string of the molecule is CC(C)c1ccc(C2CC(=O)c3cnc4c(c3C2)c(=O)[nH]c(=O)n4Cc2ccc3c(c2)OCCO3)cc1. The Kier molecular flexibility index (Phi) is 5.67. The van der Waals surface area contributed by atoms with E-state index in [-0.39, 0.29) is 23.9 Å². The lowest BCUT2D eigenvalue weighted by Gasteiger charge is -2.25. The third kappa shape index (κ3) is 4.12. The van der Waals surface area contributed by atoms with Gasteiger partial charge in [0.2, 0.25) is 0 Å². The molecule has 1 aliphatic heterocycles. The van der Waals surface area contributed by atoms with Gasteiger partial charge in [0.05, 0.1) is 11.9 Å². The molecule has 8 nitrogen and oxygen atoms in total. The van der Waals surface area contributed by atoms with Crippen molar-refractivity contribution in [1.29, 1.82) is 0 Å². The monoisotopic (exact) mass is 497 g/mol. The van der Waals surface area contributed by atoms with Crippen LogP contribution in [0.4, 0.5) is 0 Å². The average molecular weight is 498 g/mol. The highest BCUT2D eigenvalue weighted by atomic mass is 16.6. The number of hydrogen-bond acceptors (Lipinski definition) is 6. The van der Waals surface area contributed by atoms with E-state index in [1.807, 2.05) is 18.2 Å². The predicted molar refractivity (Wildman–Crippen MR) is 139 cm³/mol. The standard InChI is InChI=1S/C29H27N3O5/c1-16(2)18-4-6-19(7-5-18)20-12-21-22(23(33)13-20)14-30-27-26(21)28(34)31-29(35)32(27)15-17-3-8-24-25(11-17)37-10-9-36-24/h3-8,11,14,16,20H,9-10,12-13,15H2,1-2H3,(H,31,34,35). The molecule has 8 heteroatoms. The molecule has 1 atom stereocenters. The van der Waals surface area contributed by atoms with Crippen molar-refractivity contribution in [2.24, 2.45) is 0 Å². The molecule has 3 heterocycles. The zero-order valence-corrected chi connectivity index (χ0v) is 20.7. The van der Waals surface area contributed by atoms with Crippen LogP contribution >= 0.6 is 0 Å². The summed E-state index contributed by atoms with van der Waals surface area (Å²) in [5.41, 5.74) is 3.41. The number of aromatic nitrogens is 3. The number of ketones is 1. The quantitative estimate of drug-likeness (QED) is 0.458. The van der Waals surface area contributed by atoms with Crippen molar-refractivity contribution in [3.63, 3.8) is 0 Å². The molecule has 1 N–H and O–H groups in total. The number of benzene rings is 2. The largest absolute Gasteiger partial charge is 0.486 e. The topological polar surface area (TPSA) is 103 Å². The molecular weight excluding hydrogens is 470 g/mol. The van der Waals surface area contributed by atoms with Crippen LogP contribution in [0.5, 0.6) is 11.5 Å². The number of carbonyl (C=O) groups excluding carboxylic acids is 1. The number of aromatic amines is 1. The Morgan fingerprint density at radius 1 is 1.00 bits per heavy atom. The summed E-state index contributed by atoms with van der Waals surface area (Å²) < 4.78 is 12.7. The van der Waals surface area contributed by atoms with Crippen molar-refractivity contribution in [3.8, 4) is 11.5 Å². The highest BCUT2D eigenvalue weighted by molar-refractivity contribution is 6.02. The second-order valence-electron chi connectivity index (χ2n) is 10.0. The molecule has 1 aliphatic carbocycles. The maximum atomic E-state index is 13.1. The molecule has 0 saturated carbocycles. The summed E-state index contributed by atoms with van der Waals surface area (Å²) in [6.07, 6.45) is 2.39. The molecule has 2 aromatic carbocycles. The highest BCUT2D eigenvalue weighted by Crippen LogP contribution is 2.35. The first-order valence-corrected chi connectivity index (χ1v) is 12.6. The Labute approximate surface area is 212 Å². The van der Waals surface area contributed by atoms with Gasteiger partial charge in [-0.2, -0.15) is 0 Å². The summed E-state index contributed by atoms with van der Waals surface area (Å²) in [7, 11) is 0. The fourth-order valence-corrected chi connectivity index (χ4v) is 5.31. The second kappa shape index (κ2) is 9.03. The van der Waals surface area contributed by atoms with Gasteiger partial charge in [0.25, 0.3) is 5.56 Å². The van der Waals surface area contributed by atoms with E-state index in [2.05, 4.69) is 48.1 Å². The Hall–Kier alpha value is -4.20. The van der Waals surface area contributed by atoms with Crippen LogP contribution in [-0.2, 0) is 13.0 Å². The van der Waals surface area contributed by atoms with Crippen molar-refractivity contribution >= 4 is 16.8 Å². The summed E-state index contributed by atoms with van der Waals surface area (Å²) in [5, 5.41) is 0.298. The molecule has 37 heavy (non-hydrogen) atoms. The molecule has 0 saturated heterocycles. The number of nitrogens with one attached hydrogen (secondary N) is 1. The second-order valence-corrected chi connectivity index (χ2v) is 10.0. The van der Waals surface area contributed by atoms with Crippen molar-refractivity contribution in [1.82, 2.24) is 14.5 Å². The number of carbonyl (C=O) groups is 1. The lowest BCUT2D eigenvalue weighted by atomic mass is 9.79. The van der Waals surface area contributed by atoms with Gasteiger partial charge < -0.3 is 9.47 Å². The van der Waals surface area contributed by atoms with Gasteiger partial charge in [-0.3, -0.25) is 19.1 Å². The Morgan fingerprint density at radius 3 is 2.51 bits per heavy atom. The molecule has 2 aliphatic rings. The third-order valence-electron chi connectivity index (χ3n) is 7.32. The number of fused-ring (bicyclic) bond motifs is 4. The van der Waals surface area contributed by atoms with Crippen LogP contribution in [0.15, 0.2) is 58.3 Å². The molecule has 4 aromatic rings. The average Bonchev–Trinajstić information content (AvgIpc) is 2.90. The highest BCUT2D eigenvalue weighted by Gasteiger charge is 2.30. The Bertz CT molecular complexity index is 1650. The Balaban J connectivity index is 1.43. The van der Waals surface area contributed by atoms with Crippen LogP contribution in [0.2, 0.25) is 0 Å². The zero-order valence-electron chi connectivity index (χ0n) is 20.7. The van der Waals surface area contributed by atoms with E-state index in [1.54, 1.807) is 0 Å². The number of H-pyrrole nitrogens is 1. The fraction of sp³-hybridized carbons (Fsp3) is 0.310. The fourth-order valence-electron chi connectivity index (χ4n) is 5.31. The number of hydrogen-bond donors (Lipinski definition) is 1. The van der Waals surface area contributed by atoms with Gasteiger partial charge in [-0.15, -0.1) is 0 Å². The van der Waals surface area contributed by atoms with Gasteiger partial charge >= 0.3 is 5.69 Å². The number of nitrogens with zero attached hydrogens (tertiary/aromatic N) is 2. The minimum Gasteiger partial charge on any atom is -0.486 e. The van der Waals surface area contributed by atoms with Gasteiger partial charge in [-0.1, -0.05) is 44.2 Å². The summed E-state index contributed by atoms with van der Waals surface area (Å²) in [4.78, 5) is 46.0. The molecule has 0 radical (unpaired) electrons. The van der Waals surface area contributed by atoms with Crippen molar-refractivity contribution in [2.45, 2.75) is 45.1 Å². The number of ether oxygens (including phenoxy) is 2. The molecule has 1 unspecified atom stereocenters. The lowest BCUT2D eigenvalue weighted by Crippen LogP contribution is -2.33. The maximum absolute atomic E-state index is 13.1. The summed E-state index contributed by atoms with van der Waals surface area (Å²) in [5.74, 6) is 1.60. The van der Waals surface area contributed by atoms with E-state index in [9.17, 15) is 14.4 Å². The first-order chi connectivity index (χ1) is 17.9. The minimum absolute atomic E-state index is 0.0439. The van der Waals surface area contributed by atoms with Crippen LogP contribution < -0.4 is 20.7 Å². The van der Waals surface area contributed by atoms with Gasteiger partial charge in [0.15, 0.2) is 17.3 Å². The van der Waals surface area contributed by atoms with Crippen molar-refractivity contribution in [2.75, 3.05) is 13.2 Å². The van der Waals surface area contributed by atoms with Crippen molar-refractivity contribution < 1.29 is 14.3 Å². The molecule has 2 aromatic heterocycles. The number of pyridine rings is 1. The molecule has 0 bridgehead atoms. The molecule has 0 spiro atoms. The van der Waals surface area contributed by atoms with Gasteiger partial charge in [-0.05, 0) is 52.6 Å². The van der Waals surface area contributed by atoms with E-state index in [0.29, 0.717) is 60.0 Å². The van der Waals surface area contributed by atoms with Gasteiger partial charge in [0.1, 0.15) is 18.9 Å². The molecule has 6 rings (SSSR count). The van der Waals surface area contributed by atoms with E-state index in [0.717, 1.165) is 11.1 Å². The molecule has 0 fully saturated rings. The van der Waals surface area contributed by atoms with Crippen LogP contribution in [0, 0.1) is 0 Å². The lowest BCUT2D eigenvalue weighted by molar-refractivity contribution is 0.0964. The van der Waals surface area contributed by atoms with Gasteiger partial charge in [-0.25, -0.2) is 9.78 Å². The van der Waals surface area contributed by atoms with Crippen LogP contribution in [0.25, 0.3) is 11.0 Å². The van der Waals surface area contributed by atoms with Crippen molar-refractivity contribution in [3.05, 3.63) is 97.3 Å². The first kappa shape index (κ1) is 23.2. The molecule has 0 amide bonds. The van der Waals surface area contributed by atoms with Gasteiger partial charge in [0, 0.05) is 18.2 Å². The van der Waals surface area contributed by atoms with E-state index in [4.69, 9.17) is 9.47 Å². The van der Waals surface area contributed by atoms with E-state index >= 15 is 0 Å². The third-order valence-corrected chi connectivity index (χ3v) is 7.32. The molecule has 188 valence electrons. The van der Waals surface area contributed by atoms with Crippen LogP contribution in [0.3, 0.4) is 0 Å². The summed E-state index contributed by atoms with van der Waals surface area (Å²) in [6, 6.07) is 13.8. The number of Topliss-reactive ketones (excluding diaryl/α,β-unsaturated/α-hetero) is 1. The zero-order chi connectivity index (χ0) is 25.7. The summed E-state index contributed by atoms with van der Waals surface area (Å²) >= 11 is 0. The summed E-state index contributed by atoms with van der Waals surface area (Å²) in [6.45, 7) is 5.42.